The number of aromatic nitrogens is 4. The molecule has 0 saturated carbocycles. The second-order valence-corrected chi connectivity index (χ2v) is 6.49. The Kier molecular flexibility index (Phi) is 4.42. The number of imidazole rings is 1. The number of hydrogen-bond acceptors (Lipinski definition) is 5. The Morgan fingerprint density at radius 3 is 2.52 bits per heavy atom. The Bertz CT molecular complexity index is 974. The lowest BCUT2D eigenvalue weighted by Crippen LogP contribution is -2.50. The number of piperidine rings is 1. The molecular weight excluding hydrogens is 364 g/mol. The van der Waals surface area contributed by atoms with Gasteiger partial charge in [0.2, 0.25) is 5.95 Å². The van der Waals surface area contributed by atoms with E-state index in [4.69, 9.17) is 5.73 Å². The molecule has 1 aromatic carbocycles. The molecule has 142 valence electrons. The molecule has 2 atom stereocenters. The lowest BCUT2D eigenvalue weighted by molar-refractivity contribution is 0.243. The number of halogens is 4. The predicted octanol–water partition coefficient (Wildman–Crippen LogP) is 2.17. The second-order valence-electron chi connectivity index (χ2n) is 6.49. The summed E-state index contributed by atoms with van der Waals surface area (Å²) in [5.74, 6) is -1.97. The first kappa shape index (κ1) is 17.7. The Labute approximate surface area is 151 Å². The highest BCUT2D eigenvalue weighted by Crippen LogP contribution is 2.28. The van der Waals surface area contributed by atoms with Crippen molar-refractivity contribution in [2.75, 3.05) is 18.0 Å². The second kappa shape index (κ2) is 6.76. The number of nitrogens with zero attached hydrogens (tertiary/aromatic N) is 5. The number of anilines is 1. The molecule has 1 fully saturated rings. The number of alkyl halides is 1. The average Bonchev–Trinajstić information content (AvgIpc) is 2.97. The van der Waals surface area contributed by atoms with E-state index >= 15 is 0 Å². The molecule has 0 radical (unpaired) electrons. The Morgan fingerprint density at radius 2 is 1.81 bits per heavy atom. The third kappa shape index (κ3) is 3.32. The van der Waals surface area contributed by atoms with Crippen LogP contribution in [0.15, 0.2) is 24.5 Å². The molecule has 6 nitrogen and oxygen atoms in total. The molecule has 1 saturated heterocycles. The largest absolute Gasteiger partial charge is 0.340 e. The summed E-state index contributed by atoms with van der Waals surface area (Å²) in [4.78, 5) is 14.0. The van der Waals surface area contributed by atoms with Crippen LogP contribution in [0.5, 0.6) is 0 Å². The molecular formula is C17H16F4N6. The third-order valence-corrected chi connectivity index (χ3v) is 4.60. The lowest BCUT2D eigenvalue weighted by atomic mass is 10.1. The maximum absolute atomic E-state index is 13.8. The van der Waals surface area contributed by atoms with Gasteiger partial charge in [0.25, 0.3) is 0 Å². The molecule has 0 aliphatic carbocycles. The zero-order chi connectivity index (χ0) is 19.1. The van der Waals surface area contributed by atoms with Crippen LogP contribution in [0.3, 0.4) is 0 Å². The molecule has 2 N–H and O–H groups in total. The van der Waals surface area contributed by atoms with Crippen LogP contribution in [0.25, 0.3) is 11.0 Å². The van der Waals surface area contributed by atoms with Crippen molar-refractivity contribution in [2.24, 2.45) is 5.73 Å². The maximum Gasteiger partial charge on any atom is 0.207 e. The van der Waals surface area contributed by atoms with Gasteiger partial charge in [-0.05, 0) is 6.42 Å². The minimum Gasteiger partial charge on any atom is -0.340 e. The van der Waals surface area contributed by atoms with E-state index in [9.17, 15) is 17.6 Å². The van der Waals surface area contributed by atoms with Crippen molar-refractivity contribution >= 4 is 17.0 Å². The molecule has 1 aliphatic heterocycles. The van der Waals surface area contributed by atoms with Gasteiger partial charge in [-0.1, -0.05) is 0 Å². The first-order valence-corrected chi connectivity index (χ1v) is 8.38. The minimum atomic E-state index is -1.12. The van der Waals surface area contributed by atoms with Crippen LogP contribution in [0.1, 0.15) is 12.2 Å². The quantitative estimate of drug-likeness (QED) is 0.705. The molecule has 1 aliphatic rings. The van der Waals surface area contributed by atoms with Gasteiger partial charge in [0.1, 0.15) is 12.0 Å². The van der Waals surface area contributed by atoms with Crippen molar-refractivity contribution in [3.63, 3.8) is 0 Å². The summed E-state index contributed by atoms with van der Waals surface area (Å²) in [6.07, 6.45) is 1.15. The molecule has 0 spiro atoms. The highest BCUT2D eigenvalue weighted by atomic mass is 19.2. The summed E-state index contributed by atoms with van der Waals surface area (Å²) in [7, 11) is 0. The van der Waals surface area contributed by atoms with Crippen LogP contribution >= 0.6 is 0 Å². The summed E-state index contributed by atoms with van der Waals surface area (Å²) in [6, 6.07) is 1.34. The smallest absolute Gasteiger partial charge is 0.207 e. The highest BCUT2D eigenvalue weighted by molar-refractivity contribution is 5.79. The van der Waals surface area contributed by atoms with Gasteiger partial charge in [0, 0.05) is 25.2 Å². The van der Waals surface area contributed by atoms with E-state index in [2.05, 4.69) is 15.0 Å². The third-order valence-electron chi connectivity index (χ3n) is 4.60. The van der Waals surface area contributed by atoms with Crippen LogP contribution in [0.2, 0.25) is 0 Å². The van der Waals surface area contributed by atoms with E-state index in [0.717, 1.165) is 24.5 Å². The highest BCUT2D eigenvalue weighted by Gasteiger charge is 2.29. The van der Waals surface area contributed by atoms with Crippen LogP contribution in [0.4, 0.5) is 23.5 Å². The van der Waals surface area contributed by atoms with Crippen molar-refractivity contribution in [3.8, 4) is 0 Å². The van der Waals surface area contributed by atoms with Crippen molar-refractivity contribution in [1.29, 1.82) is 0 Å². The first-order chi connectivity index (χ1) is 12.9. The molecule has 0 amide bonds. The van der Waals surface area contributed by atoms with Gasteiger partial charge in [-0.15, -0.1) is 0 Å². The van der Waals surface area contributed by atoms with Gasteiger partial charge in [-0.3, -0.25) is 0 Å². The van der Waals surface area contributed by atoms with E-state index in [1.807, 2.05) is 0 Å². The summed E-state index contributed by atoms with van der Waals surface area (Å²) in [5.41, 5.74) is 6.39. The summed E-state index contributed by atoms with van der Waals surface area (Å²) < 4.78 is 55.8. The monoisotopic (exact) mass is 380 g/mol. The number of nitrogens with two attached hydrogens (primary N) is 1. The van der Waals surface area contributed by atoms with Crippen LogP contribution in [-0.4, -0.2) is 44.8 Å². The van der Waals surface area contributed by atoms with Crippen LogP contribution in [0, 0.1) is 17.5 Å². The van der Waals surface area contributed by atoms with Gasteiger partial charge in [-0.25, -0.2) is 32.5 Å². The van der Waals surface area contributed by atoms with E-state index in [1.165, 1.54) is 0 Å². The van der Waals surface area contributed by atoms with Crippen molar-refractivity contribution in [2.45, 2.75) is 25.2 Å². The summed E-state index contributed by atoms with van der Waals surface area (Å²) >= 11 is 0. The molecule has 3 aromatic rings. The fourth-order valence-electron chi connectivity index (χ4n) is 3.20. The molecule has 3 heterocycles. The van der Waals surface area contributed by atoms with Gasteiger partial charge >= 0.3 is 0 Å². The van der Waals surface area contributed by atoms with Crippen LogP contribution in [-0.2, 0) is 6.54 Å². The topological polar surface area (TPSA) is 72.9 Å². The van der Waals surface area contributed by atoms with E-state index in [1.54, 1.807) is 9.47 Å². The fourth-order valence-corrected chi connectivity index (χ4v) is 3.20. The normalized spacial score (nSPS) is 20.4. The number of hydrogen-bond donors (Lipinski definition) is 1. The van der Waals surface area contributed by atoms with Gasteiger partial charge in [-0.2, -0.15) is 0 Å². The van der Waals surface area contributed by atoms with Gasteiger partial charge < -0.3 is 15.2 Å². The van der Waals surface area contributed by atoms with Gasteiger partial charge in [0.05, 0.1) is 36.0 Å². The molecule has 2 aromatic heterocycles. The fraction of sp³-hybridized carbons (Fsp3) is 0.353. The van der Waals surface area contributed by atoms with Gasteiger partial charge in [0.15, 0.2) is 17.5 Å². The molecule has 0 bridgehead atoms. The average molecular weight is 380 g/mol. The molecule has 27 heavy (non-hydrogen) atoms. The SMILES string of the molecule is N[C@@H]1CN(c2nc3cc(F)c(F)cc3n2Cc2ncc(F)cn2)CC[C@H]1F. The zero-order valence-corrected chi connectivity index (χ0v) is 14.1. The lowest BCUT2D eigenvalue weighted by Gasteiger charge is -2.34. The Morgan fingerprint density at radius 1 is 1.11 bits per heavy atom. The standard InChI is InChI=1S/C17H16F4N6/c18-9-5-23-16(24-6-9)8-27-15-4-12(21)11(20)3-14(15)25-17(27)26-2-1-10(19)13(22)7-26/h3-6,10,13H,1-2,7-8,22H2/t10-,13-/m1/s1. The van der Waals surface area contributed by atoms with Crippen molar-refractivity contribution in [1.82, 2.24) is 19.5 Å². The number of benzene rings is 1. The Hall–Kier alpha value is -2.75. The van der Waals surface area contributed by atoms with Crippen LogP contribution < -0.4 is 10.6 Å². The first-order valence-electron chi connectivity index (χ1n) is 8.38. The summed E-state index contributed by atoms with van der Waals surface area (Å²) in [5, 5.41) is 0. The Balaban J connectivity index is 1.80. The summed E-state index contributed by atoms with van der Waals surface area (Å²) in [6.45, 7) is 0.620. The number of rotatable bonds is 3. The number of fused-ring (bicyclic) bond motifs is 1. The molecule has 4 rings (SSSR count). The predicted molar refractivity (Wildman–Crippen MR) is 90.4 cm³/mol. The van der Waals surface area contributed by atoms with Crippen molar-refractivity contribution in [3.05, 3.63) is 47.8 Å². The molecule has 10 heteroatoms. The zero-order valence-electron chi connectivity index (χ0n) is 14.1. The van der Waals surface area contributed by atoms with E-state index < -0.39 is 29.7 Å². The molecule has 0 unspecified atom stereocenters. The maximum atomic E-state index is 13.8. The van der Waals surface area contributed by atoms with E-state index in [0.29, 0.717) is 18.0 Å². The minimum absolute atomic E-state index is 0.0575. The van der Waals surface area contributed by atoms with E-state index in [-0.39, 0.29) is 30.9 Å². The van der Waals surface area contributed by atoms with Crippen molar-refractivity contribution < 1.29 is 17.6 Å².